The third kappa shape index (κ3) is 1.66. The summed E-state index contributed by atoms with van der Waals surface area (Å²) in [5.74, 6) is 2.26. The van der Waals surface area contributed by atoms with Crippen molar-refractivity contribution < 1.29 is 5.11 Å². The molecule has 1 heterocycles. The van der Waals surface area contributed by atoms with Crippen LogP contribution in [-0.2, 0) is 6.54 Å². The zero-order valence-electron chi connectivity index (χ0n) is 7.07. The van der Waals surface area contributed by atoms with E-state index in [9.17, 15) is 5.11 Å². The Kier molecular flexibility index (Phi) is 2.89. The molecule has 1 aromatic rings. The van der Waals surface area contributed by atoms with E-state index in [4.69, 9.17) is 6.42 Å². The Morgan fingerprint density at radius 1 is 1.83 bits per heavy atom. The summed E-state index contributed by atoms with van der Waals surface area (Å²) in [6.45, 7) is 2.90. The third-order valence-electron chi connectivity index (χ3n) is 1.65. The molecular weight excluding hydrogens is 152 g/mol. The molecule has 0 bridgehead atoms. The van der Waals surface area contributed by atoms with Crippen molar-refractivity contribution in [1.82, 2.24) is 9.55 Å². The number of aryl methyl sites for hydroxylation is 1. The molecule has 0 aliphatic carbocycles. The van der Waals surface area contributed by atoms with E-state index in [1.165, 1.54) is 0 Å². The first-order valence-electron chi connectivity index (χ1n) is 3.93. The van der Waals surface area contributed by atoms with E-state index < -0.39 is 6.10 Å². The van der Waals surface area contributed by atoms with Gasteiger partial charge in [0.2, 0.25) is 0 Å². The summed E-state index contributed by atoms with van der Waals surface area (Å²) in [7, 11) is 0. The lowest BCUT2D eigenvalue weighted by Crippen LogP contribution is -2.04. The van der Waals surface area contributed by atoms with E-state index in [0.717, 1.165) is 13.0 Å². The molecule has 64 valence electrons. The number of hydrogen-bond acceptors (Lipinski definition) is 2. The van der Waals surface area contributed by atoms with Gasteiger partial charge in [0.05, 0.1) is 18.2 Å². The maximum atomic E-state index is 9.33. The number of imidazole rings is 1. The fraction of sp³-hybridized carbons (Fsp3) is 0.444. The topological polar surface area (TPSA) is 38.1 Å². The lowest BCUT2D eigenvalue weighted by molar-refractivity contribution is 0.227. The molecule has 0 radical (unpaired) electrons. The zero-order valence-corrected chi connectivity index (χ0v) is 7.07. The van der Waals surface area contributed by atoms with E-state index in [-0.39, 0.29) is 0 Å². The van der Waals surface area contributed by atoms with Crippen molar-refractivity contribution in [1.29, 1.82) is 0 Å². The van der Waals surface area contributed by atoms with Gasteiger partial charge in [-0.25, -0.2) is 4.98 Å². The quantitative estimate of drug-likeness (QED) is 0.676. The molecule has 1 unspecified atom stereocenters. The van der Waals surface area contributed by atoms with Crippen molar-refractivity contribution in [2.24, 2.45) is 0 Å². The molecule has 12 heavy (non-hydrogen) atoms. The van der Waals surface area contributed by atoms with Crippen molar-refractivity contribution in [3.63, 3.8) is 0 Å². The fourth-order valence-electron chi connectivity index (χ4n) is 1.07. The normalized spacial score (nSPS) is 12.4. The highest BCUT2D eigenvalue weighted by atomic mass is 16.3. The number of terminal acetylenes is 1. The second kappa shape index (κ2) is 3.93. The average molecular weight is 164 g/mol. The molecule has 1 N–H and O–H groups in total. The van der Waals surface area contributed by atoms with Crippen LogP contribution in [0.3, 0.4) is 0 Å². The number of aromatic nitrogens is 2. The van der Waals surface area contributed by atoms with Crippen LogP contribution in [0.5, 0.6) is 0 Å². The van der Waals surface area contributed by atoms with E-state index in [1.807, 2.05) is 4.57 Å². The highest BCUT2D eigenvalue weighted by molar-refractivity contribution is 5.13. The molecule has 0 spiro atoms. The lowest BCUT2D eigenvalue weighted by Gasteiger charge is -2.07. The third-order valence-corrected chi connectivity index (χ3v) is 1.65. The Hall–Kier alpha value is -1.27. The Morgan fingerprint density at radius 3 is 3.17 bits per heavy atom. The summed E-state index contributed by atoms with van der Waals surface area (Å²) >= 11 is 0. The molecule has 1 rings (SSSR count). The Bertz CT molecular complexity index is 285. The van der Waals surface area contributed by atoms with Crippen LogP contribution in [-0.4, -0.2) is 14.7 Å². The lowest BCUT2D eigenvalue weighted by atomic mass is 10.3. The van der Waals surface area contributed by atoms with E-state index >= 15 is 0 Å². The number of rotatable bonds is 3. The van der Waals surface area contributed by atoms with E-state index in [1.54, 1.807) is 12.5 Å². The molecule has 0 fully saturated rings. The predicted molar refractivity (Wildman–Crippen MR) is 46.3 cm³/mol. The van der Waals surface area contributed by atoms with Gasteiger partial charge in [0.25, 0.3) is 0 Å². The molecule has 0 aliphatic heterocycles. The van der Waals surface area contributed by atoms with Crippen LogP contribution in [0, 0.1) is 12.3 Å². The molecule has 3 nitrogen and oxygen atoms in total. The van der Waals surface area contributed by atoms with Gasteiger partial charge in [-0.2, -0.15) is 0 Å². The maximum Gasteiger partial charge on any atom is 0.156 e. The molecule has 0 amide bonds. The van der Waals surface area contributed by atoms with Gasteiger partial charge < -0.3 is 9.67 Å². The highest BCUT2D eigenvalue weighted by Crippen LogP contribution is 2.10. The second-order valence-corrected chi connectivity index (χ2v) is 2.58. The van der Waals surface area contributed by atoms with Gasteiger partial charge in [0, 0.05) is 6.54 Å². The highest BCUT2D eigenvalue weighted by Gasteiger charge is 2.08. The van der Waals surface area contributed by atoms with Gasteiger partial charge in [-0.3, -0.25) is 0 Å². The molecule has 0 aromatic carbocycles. The minimum absolute atomic E-state index is 0.694. The van der Waals surface area contributed by atoms with Gasteiger partial charge in [-0.1, -0.05) is 12.8 Å². The van der Waals surface area contributed by atoms with Gasteiger partial charge in [-0.05, 0) is 6.42 Å². The van der Waals surface area contributed by atoms with Crippen molar-refractivity contribution >= 4 is 0 Å². The fourth-order valence-corrected chi connectivity index (χ4v) is 1.07. The van der Waals surface area contributed by atoms with Crippen molar-refractivity contribution in [2.75, 3.05) is 0 Å². The Balaban J connectivity index is 2.85. The van der Waals surface area contributed by atoms with Gasteiger partial charge in [0.15, 0.2) is 6.10 Å². The first kappa shape index (κ1) is 8.82. The second-order valence-electron chi connectivity index (χ2n) is 2.58. The number of aliphatic hydroxyl groups excluding tert-OH is 1. The minimum atomic E-state index is -0.834. The Labute approximate surface area is 72.1 Å². The molecule has 0 aliphatic rings. The molecule has 1 atom stereocenters. The summed E-state index contributed by atoms with van der Waals surface area (Å²) < 4.78 is 1.87. The summed E-state index contributed by atoms with van der Waals surface area (Å²) in [6.07, 6.45) is 8.53. The summed E-state index contributed by atoms with van der Waals surface area (Å²) in [5, 5.41) is 9.33. The van der Waals surface area contributed by atoms with E-state index in [2.05, 4.69) is 17.8 Å². The van der Waals surface area contributed by atoms with Crippen LogP contribution in [0.4, 0.5) is 0 Å². The van der Waals surface area contributed by atoms with Crippen molar-refractivity contribution in [3.8, 4) is 12.3 Å². The van der Waals surface area contributed by atoms with Gasteiger partial charge in [-0.15, -0.1) is 6.42 Å². The number of hydrogen-bond donors (Lipinski definition) is 1. The first-order chi connectivity index (χ1) is 5.79. The maximum absolute atomic E-state index is 9.33. The largest absolute Gasteiger partial charge is 0.374 e. The molecule has 1 aromatic heterocycles. The van der Waals surface area contributed by atoms with Crippen LogP contribution in [0.1, 0.15) is 25.1 Å². The zero-order chi connectivity index (χ0) is 8.97. The smallest absolute Gasteiger partial charge is 0.156 e. The average Bonchev–Trinajstić information content (AvgIpc) is 2.52. The molecule has 0 saturated carbocycles. The summed E-state index contributed by atoms with van der Waals surface area (Å²) in [4.78, 5) is 3.92. The van der Waals surface area contributed by atoms with Crippen LogP contribution < -0.4 is 0 Å². The standard InChI is InChI=1S/C9H12N2O/c1-3-5-11-7-10-6-8(11)9(12)4-2/h2,6-7,9,12H,3,5H2,1H3. The number of nitrogens with zero attached hydrogens (tertiary/aromatic N) is 2. The van der Waals surface area contributed by atoms with E-state index in [0.29, 0.717) is 5.69 Å². The van der Waals surface area contributed by atoms with Crippen molar-refractivity contribution in [3.05, 3.63) is 18.2 Å². The SMILES string of the molecule is C#CC(O)c1cncn1CCC. The van der Waals surface area contributed by atoms with Crippen LogP contribution >= 0.6 is 0 Å². The summed E-state index contributed by atoms with van der Waals surface area (Å²) in [6, 6.07) is 0. The first-order valence-corrected chi connectivity index (χ1v) is 3.93. The van der Waals surface area contributed by atoms with Crippen LogP contribution in [0.15, 0.2) is 12.5 Å². The van der Waals surface area contributed by atoms with Crippen LogP contribution in [0.25, 0.3) is 0 Å². The predicted octanol–water partition coefficient (Wildman–Crippen LogP) is 0.960. The molecule has 3 heteroatoms. The Morgan fingerprint density at radius 2 is 2.58 bits per heavy atom. The molecule has 0 saturated heterocycles. The minimum Gasteiger partial charge on any atom is -0.374 e. The van der Waals surface area contributed by atoms with Crippen molar-refractivity contribution in [2.45, 2.75) is 26.0 Å². The van der Waals surface area contributed by atoms with Gasteiger partial charge in [0.1, 0.15) is 0 Å². The number of aliphatic hydroxyl groups is 1. The molecular formula is C9H12N2O. The summed E-state index contributed by atoms with van der Waals surface area (Å²) in [5.41, 5.74) is 0.694. The van der Waals surface area contributed by atoms with Gasteiger partial charge >= 0.3 is 0 Å². The monoisotopic (exact) mass is 164 g/mol. The van der Waals surface area contributed by atoms with Crippen LogP contribution in [0.2, 0.25) is 0 Å².